The second kappa shape index (κ2) is 11.3. The van der Waals surface area contributed by atoms with Crippen LogP contribution in [0.2, 0.25) is 0 Å². The lowest BCUT2D eigenvalue weighted by atomic mass is 10.0. The summed E-state index contributed by atoms with van der Waals surface area (Å²) >= 11 is 0. The standard InChI is InChI=1S/C16H31NO2/c1-2-3-4-5-6-7-8-9-10-11-15(14-18)16-17-12-13-19-16/h15,18H,2-14H2,1H3. The van der Waals surface area contributed by atoms with Gasteiger partial charge in [-0.2, -0.15) is 0 Å². The van der Waals surface area contributed by atoms with E-state index in [2.05, 4.69) is 11.9 Å². The van der Waals surface area contributed by atoms with E-state index in [1.54, 1.807) is 0 Å². The van der Waals surface area contributed by atoms with Crippen LogP contribution in [-0.2, 0) is 4.74 Å². The molecule has 0 aromatic heterocycles. The van der Waals surface area contributed by atoms with Gasteiger partial charge in [-0.25, -0.2) is 0 Å². The maximum absolute atomic E-state index is 9.35. The zero-order chi connectivity index (χ0) is 13.8. The van der Waals surface area contributed by atoms with Crippen molar-refractivity contribution >= 4 is 5.90 Å². The lowest BCUT2D eigenvalue weighted by Gasteiger charge is -2.13. The van der Waals surface area contributed by atoms with Gasteiger partial charge in [-0.05, 0) is 6.42 Å². The van der Waals surface area contributed by atoms with E-state index in [1.807, 2.05) is 0 Å². The Bertz CT molecular complexity index is 241. The minimum atomic E-state index is 0.145. The van der Waals surface area contributed by atoms with Crippen molar-refractivity contribution in [3.63, 3.8) is 0 Å². The molecule has 1 aliphatic rings. The van der Waals surface area contributed by atoms with Crippen LogP contribution >= 0.6 is 0 Å². The molecule has 1 heterocycles. The van der Waals surface area contributed by atoms with Crippen molar-refractivity contribution in [2.45, 2.75) is 71.1 Å². The van der Waals surface area contributed by atoms with Crippen molar-refractivity contribution < 1.29 is 9.84 Å². The van der Waals surface area contributed by atoms with E-state index < -0.39 is 0 Å². The molecule has 0 fully saturated rings. The normalized spacial score (nSPS) is 16.2. The predicted octanol–water partition coefficient (Wildman–Crippen LogP) is 3.94. The zero-order valence-electron chi connectivity index (χ0n) is 12.6. The van der Waals surface area contributed by atoms with Crippen LogP contribution in [0.5, 0.6) is 0 Å². The summed E-state index contributed by atoms with van der Waals surface area (Å²) < 4.78 is 5.43. The van der Waals surface area contributed by atoms with Gasteiger partial charge in [0.15, 0.2) is 5.90 Å². The fourth-order valence-electron chi connectivity index (χ4n) is 2.59. The molecule has 0 radical (unpaired) electrons. The molecule has 0 amide bonds. The van der Waals surface area contributed by atoms with Crippen molar-refractivity contribution in [2.75, 3.05) is 19.8 Å². The third-order valence-corrected chi connectivity index (χ3v) is 3.83. The summed E-state index contributed by atoms with van der Waals surface area (Å²) in [6.07, 6.45) is 13.1. The Morgan fingerprint density at radius 2 is 1.68 bits per heavy atom. The highest BCUT2D eigenvalue weighted by Gasteiger charge is 2.19. The SMILES string of the molecule is CCCCCCCCCCCC(CO)C1=NCCO1. The Morgan fingerprint density at radius 1 is 1.05 bits per heavy atom. The van der Waals surface area contributed by atoms with Crippen molar-refractivity contribution in [2.24, 2.45) is 10.9 Å². The van der Waals surface area contributed by atoms with Crippen LogP contribution in [0.25, 0.3) is 0 Å². The zero-order valence-corrected chi connectivity index (χ0v) is 12.6. The summed E-state index contributed by atoms with van der Waals surface area (Å²) in [5.74, 6) is 0.939. The molecule has 3 heteroatoms. The van der Waals surface area contributed by atoms with Crippen LogP contribution in [0.4, 0.5) is 0 Å². The largest absolute Gasteiger partial charge is 0.479 e. The third-order valence-electron chi connectivity index (χ3n) is 3.83. The van der Waals surface area contributed by atoms with Crippen LogP contribution in [-0.4, -0.2) is 30.8 Å². The number of aliphatic imine (C=N–C) groups is 1. The van der Waals surface area contributed by atoms with E-state index in [0.29, 0.717) is 6.61 Å². The van der Waals surface area contributed by atoms with Gasteiger partial charge in [-0.15, -0.1) is 0 Å². The highest BCUT2D eigenvalue weighted by Crippen LogP contribution is 2.16. The molecule has 1 unspecified atom stereocenters. The molecule has 1 N–H and O–H groups in total. The highest BCUT2D eigenvalue weighted by molar-refractivity contribution is 5.79. The Balaban J connectivity index is 1.91. The number of aliphatic hydroxyl groups is 1. The quantitative estimate of drug-likeness (QED) is 0.545. The molecule has 0 spiro atoms. The van der Waals surface area contributed by atoms with E-state index in [1.165, 1.54) is 57.8 Å². The minimum Gasteiger partial charge on any atom is -0.479 e. The van der Waals surface area contributed by atoms with Gasteiger partial charge in [0.1, 0.15) is 6.61 Å². The Labute approximate surface area is 118 Å². The number of rotatable bonds is 12. The fourth-order valence-corrected chi connectivity index (χ4v) is 2.59. The Hall–Kier alpha value is -0.570. The maximum Gasteiger partial charge on any atom is 0.188 e. The molecular formula is C16H31NO2. The van der Waals surface area contributed by atoms with E-state index >= 15 is 0 Å². The number of hydrogen-bond acceptors (Lipinski definition) is 3. The molecule has 1 rings (SSSR count). The molecule has 1 atom stereocenters. The van der Waals surface area contributed by atoms with Crippen LogP contribution in [0.3, 0.4) is 0 Å². The summed E-state index contributed by atoms with van der Waals surface area (Å²) in [6, 6.07) is 0. The van der Waals surface area contributed by atoms with Gasteiger partial charge in [-0.3, -0.25) is 4.99 Å². The first-order valence-corrected chi connectivity index (χ1v) is 8.16. The summed E-state index contributed by atoms with van der Waals surface area (Å²) in [6.45, 7) is 3.90. The molecule has 1 aliphatic heterocycles. The minimum absolute atomic E-state index is 0.145. The third kappa shape index (κ3) is 7.56. The van der Waals surface area contributed by atoms with Gasteiger partial charge >= 0.3 is 0 Å². The molecule has 0 aromatic carbocycles. The molecule has 19 heavy (non-hydrogen) atoms. The van der Waals surface area contributed by atoms with Gasteiger partial charge < -0.3 is 9.84 Å². The monoisotopic (exact) mass is 269 g/mol. The predicted molar refractivity (Wildman–Crippen MR) is 80.7 cm³/mol. The molecular weight excluding hydrogens is 238 g/mol. The Morgan fingerprint density at radius 3 is 2.21 bits per heavy atom. The summed E-state index contributed by atoms with van der Waals surface area (Å²) in [5.41, 5.74) is 0. The van der Waals surface area contributed by atoms with Crippen molar-refractivity contribution in [3.8, 4) is 0 Å². The summed E-state index contributed by atoms with van der Waals surface area (Å²) in [4.78, 5) is 4.30. The highest BCUT2D eigenvalue weighted by atomic mass is 16.5. The topological polar surface area (TPSA) is 41.8 Å². The lowest BCUT2D eigenvalue weighted by Crippen LogP contribution is -2.18. The number of unbranched alkanes of at least 4 members (excludes halogenated alkanes) is 8. The summed E-state index contributed by atoms with van der Waals surface area (Å²) in [7, 11) is 0. The Kier molecular flexibility index (Phi) is 9.78. The first kappa shape index (κ1) is 16.5. The van der Waals surface area contributed by atoms with Gasteiger partial charge in [-0.1, -0.05) is 64.7 Å². The first-order chi connectivity index (χ1) is 9.38. The van der Waals surface area contributed by atoms with Gasteiger partial charge in [0, 0.05) is 0 Å². The lowest BCUT2D eigenvalue weighted by molar-refractivity contribution is 0.225. The van der Waals surface area contributed by atoms with E-state index in [0.717, 1.165) is 18.9 Å². The van der Waals surface area contributed by atoms with E-state index in [9.17, 15) is 5.11 Å². The molecule has 0 aromatic rings. The average Bonchev–Trinajstić information content (AvgIpc) is 2.95. The number of ether oxygens (including phenoxy) is 1. The number of hydrogen-bond donors (Lipinski definition) is 1. The fraction of sp³-hybridized carbons (Fsp3) is 0.938. The second-order valence-corrected chi connectivity index (χ2v) is 5.57. The van der Waals surface area contributed by atoms with Crippen molar-refractivity contribution in [1.82, 2.24) is 0 Å². The van der Waals surface area contributed by atoms with Crippen LogP contribution < -0.4 is 0 Å². The van der Waals surface area contributed by atoms with Gasteiger partial charge in [0.2, 0.25) is 0 Å². The van der Waals surface area contributed by atoms with Crippen LogP contribution in [0.15, 0.2) is 4.99 Å². The molecule has 112 valence electrons. The van der Waals surface area contributed by atoms with Crippen LogP contribution in [0.1, 0.15) is 71.1 Å². The number of aliphatic hydroxyl groups excluding tert-OH is 1. The van der Waals surface area contributed by atoms with Gasteiger partial charge in [0.05, 0.1) is 19.1 Å². The van der Waals surface area contributed by atoms with E-state index in [-0.39, 0.29) is 12.5 Å². The van der Waals surface area contributed by atoms with E-state index in [4.69, 9.17) is 4.74 Å². The van der Waals surface area contributed by atoms with Crippen molar-refractivity contribution in [3.05, 3.63) is 0 Å². The molecule has 0 saturated heterocycles. The van der Waals surface area contributed by atoms with Crippen LogP contribution in [0, 0.1) is 5.92 Å². The molecule has 0 saturated carbocycles. The first-order valence-electron chi connectivity index (χ1n) is 8.16. The number of nitrogens with zero attached hydrogens (tertiary/aromatic N) is 1. The van der Waals surface area contributed by atoms with Crippen molar-refractivity contribution in [1.29, 1.82) is 0 Å². The summed E-state index contributed by atoms with van der Waals surface area (Å²) in [5, 5.41) is 9.35. The molecule has 3 nitrogen and oxygen atoms in total. The molecule has 0 bridgehead atoms. The maximum atomic E-state index is 9.35. The van der Waals surface area contributed by atoms with Gasteiger partial charge in [0.25, 0.3) is 0 Å². The average molecular weight is 269 g/mol. The second-order valence-electron chi connectivity index (χ2n) is 5.57. The molecule has 0 aliphatic carbocycles. The smallest absolute Gasteiger partial charge is 0.188 e.